The molecule has 0 saturated heterocycles. The molecule has 0 aliphatic rings. The van der Waals surface area contributed by atoms with Crippen LogP contribution in [0.3, 0.4) is 0 Å². The predicted octanol–water partition coefficient (Wildman–Crippen LogP) is 4.23. The molecule has 0 unspecified atom stereocenters. The smallest absolute Gasteiger partial charge is 0.0234 e. The van der Waals surface area contributed by atoms with Crippen molar-refractivity contribution in [3.8, 4) is 0 Å². The lowest BCUT2D eigenvalue weighted by atomic mass is 10.2. The van der Waals surface area contributed by atoms with Crippen LogP contribution in [0, 0.1) is 0 Å². The van der Waals surface area contributed by atoms with Gasteiger partial charge in [0.2, 0.25) is 0 Å². The summed E-state index contributed by atoms with van der Waals surface area (Å²) in [5, 5.41) is 0. The predicted molar refractivity (Wildman–Crippen MR) is 102 cm³/mol. The van der Waals surface area contributed by atoms with E-state index in [9.17, 15) is 0 Å². The van der Waals surface area contributed by atoms with Crippen molar-refractivity contribution in [2.24, 2.45) is 0 Å². The van der Waals surface area contributed by atoms with Gasteiger partial charge in [-0.25, -0.2) is 0 Å². The zero-order valence-corrected chi connectivity index (χ0v) is 15.1. The summed E-state index contributed by atoms with van der Waals surface area (Å²) < 4.78 is 0. The fraction of sp³-hybridized carbons (Fsp3) is 0.400. The molecule has 0 aliphatic heterocycles. The van der Waals surface area contributed by atoms with Gasteiger partial charge in [0, 0.05) is 24.5 Å². The van der Waals surface area contributed by atoms with Gasteiger partial charge in [-0.2, -0.15) is 0 Å². The SMILES string of the molecule is CN(C)CCN(CCCSc1ccccc1)Cc1ccccc1. The average molecular weight is 329 g/mol. The number of thioether (sulfide) groups is 1. The van der Waals surface area contributed by atoms with Crippen molar-refractivity contribution < 1.29 is 0 Å². The summed E-state index contributed by atoms with van der Waals surface area (Å²) in [5.74, 6) is 1.18. The van der Waals surface area contributed by atoms with E-state index in [-0.39, 0.29) is 0 Å². The summed E-state index contributed by atoms with van der Waals surface area (Å²) >= 11 is 1.96. The summed E-state index contributed by atoms with van der Waals surface area (Å²) in [6.45, 7) is 4.43. The Morgan fingerprint density at radius 3 is 2.09 bits per heavy atom. The second-order valence-electron chi connectivity index (χ2n) is 6.08. The van der Waals surface area contributed by atoms with Crippen LogP contribution in [0.4, 0.5) is 0 Å². The summed E-state index contributed by atoms with van der Waals surface area (Å²) in [6.07, 6.45) is 1.22. The Balaban J connectivity index is 1.77. The second-order valence-corrected chi connectivity index (χ2v) is 7.25. The molecule has 2 nitrogen and oxygen atoms in total. The normalized spacial score (nSPS) is 11.3. The van der Waals surface area contributed by atoms with Gasteiger partial charge in [-0.3, -0.25) is 4.90 Å². The lowest BCUT2D eigenvalue weighted by Crippen LogP contribution is -2.32. The van der Waals surface area contributed by atoms with E-state index in [0.717, 1.165) is 26.2 Å². The molecule has 2 aromatic rings. The van der Waals surface area contributed by atoms with Gasteiger partial charge in [-0.05, 0) is 50.5 Å². The minimum absolute atomic E-state index is 1.05. The summed E-state index contributed by atoms with van der Waals surface area (Å²) in [6, 6.07) is 21.5. The number of likely N-dealkylation sites (N-methyl/N-ethyl adjacent to an activating group) is 1. The summed E-state index contributed by atoms with van der Waals surface area (Å²) in [7, 11) is 4.29. The van der Waals surface area contributed by atoms with Gasteiger partial charge >= 0.3 is 0 Å². The first-order chi connectivity index (χ1) is 11.2. The van der Waals surface area contributed by atoms with Crippen molar-refractivity contribution in [3.05, 3.63) is 66.2 Å². The number of benzene rings is 2. The van der Waals surface area contributed by atoms with Crippen molar-refractivity contribution in [1.29, 1.82) is 0 Å². The highest BCUT2D eigenvalue weighted by Crippen LogP contribution is 2.18. The maximum Gasteiger partial charge on any atom is 0.0234 e. The van der Waals surface area contributed by atoms with Crippen molar-refractivity contribution in [3.63, 3.8) is 0 Å². The molecule has 0 fully saturated rings. The molecule has 0 bridgehead atoms. The molecule has 0 aromatic heterocycles. The summed E-state index contributed by atoms with van der Waals surface area (Å²) in [5.41, 5.74) is 1.40. The first-order valence-corrected chi connectivity index (χ1v) is 9.31. The Morgan fingerprint density at radius 2 is 1.43 bits per heavy atom. The zero-order chi connectivity index (χ0) is 16.3. The largest absolute Gasteiger partial charge is 0.308 e. The van der Waals surface area contributed by atoms with Crippen molar-refractivity contribution in [1.82, 2.24) is 9.80 Å². The Morgan fingerprint density at radius 1 is 0.783 bits per heavy atom. The Kier molecular flexibility index (Phi) is 8.23. The lowest BCUT2D eigenvalue weighted by Gasteiger charge is -2.24. The molecule has 2 aromatic carbocycles. The third-order valence-electron chi connectivity index (χ3n) is 3.74. The average Bonchev–Trinajstić information content (AvgIpc) is 2.58. The van der Waals surface area contributed by atoms with Crippen LogP contribution < -0.4 is 0 Å². The highest BCUT2D eigenvalue weighted by atomic mass is 32.2. The summed E-state index contributed by atoms with van der Waals surface area (Å²) in [4.78, 5) is 6.20. The van der Waals surface area contributed by atoms with Crippen LogP contribution in [-0.4, -0.2) is 49.3 Å². The van der Waals surface area contributed by atoms with E-state index < -0.39 is 0 Å². The molecule has 2 rings (SSSR count). The van der Waals surface area contributed by atoms with E-state index in [0.29, 0.717) is 0 Å². The van der Waals surface area contributed by atoms with Gasteiger partial charge in [-0.1, -0.05) is 48.5 Å². The first-order valence-electron chi connectivity index (χ1n) is 8.33. The number of rotatable bonds is 10. The topological polar surface area (TPSA) is 6.48 Å². The second kappa shape index (κ2) is 10.5. The van der Waals surface area contributed by atoms with Gasteiger partial charge in [0.25, 0.3) is 0 Å². The molecular formula is C20H28N2S. The molecule has 124 valence electrons. The van der Waals surface area contributed by atoms with Crippen LogP contribution in [0.1, 0.15) is 12.0 Å². The maximum absolute atomic E-state index is 2.57. The molecule has 0 heterocycles. The molecule has 0 aliphatic carbocycles. The lowest BCUT2D eigenvalue weighted by molar-refractivity contribution is 0.234. The Labute approximate surface area is 145 Å². The van der Waals surface area contributed by atoms with Crippen LogP contribution >= 0.6 is 11.8 Å². The van der Waals surface area contributed by atoms with Gasteiger partial charge in [0.15, 0.2) is 0 Å². The fourth-order valence-corrected chi connectivity index (χ4v) is 3.31. The monoisotopic (exact) mass is 328 g/mol. The first kappa shape index (κ1) is 18.1. The van der Waals surface area contributed by atoms with E-state index >= 15 is 0 Å². The van der Waals surface area contributed by atoms with Gasteiger partial charge in [0.1, 0.15) is 0 Å². The maximum atomic E-state index is 2.57. The highest BCUT2D eigenvalue weighted by molar-refractivity contribution is 7.99. The van der Waals surface area contributed by atoms with Gasteiger partial charge in [0.05, 0.1) is 0 Å². The molecule has 3 heteroatoms. The van der Waals surface area contributed by atoms with Crippen LogP contribution in [0.15, 0.2) is 65.6 Å². The fourth-order valence-electron chi connectivity index (χ4n) is 2.45. The van der Waals surface area contributed by atoms with Gasteiger partial charge < -0.3 is 4.90 Å². The van der Waals surface area contributed by atoms with Crippen molar-refractivity contribution >= 4 is 11.8 Å². The van der Waals surface area contributed by atoms with E-state index in [1.165, 1.54) is 22.6 Å². The quantitative estimate of drug-likeness (QED) is 0.476. The zero-order valence-electron chi connectivity index (χ0n) is 14.3. The molecule has 0 saturated carbocycles. The van der Waals surface area contributed by atoms with Crippen molar-refractivity contribution in [2.45, 2.75) is 17.9 Å². The molecule has 0 N–H and O–H groups in total. The third kappa shape index (κ3) is 7.69. The highest BCUT2D eigenvalue weighted by Gasteiger charge is 2.06. The molecular weight excluding hydrogens is 300 g/mol. The van der Waals surface area contributed by atoms with E-state index in [1.54, 1.807) is 0 Å². The molecule has 0 radical (unpaired) electrons. The Bertz CT molecular complexity index is 528. The molecule has 0 amide bonds. The van der Waals surface area contributed by atoms with Crippen molar-refractivity contribution in [2.75, 3.05) is 39.5 Å². The number of hydrogen-bond donors (Lipinski definition) is 0. The van der Waals surface area contributed by atoms with E-state index in [1.807, 2.05) is 11.8 Å². The standard InChI is InChI=1S/C20H28N2S/c1-21(2)15-16-22(18-19-10-5-3-6-11-19)14-9-17-23-20-12-7-4-8-13-20/h3-8,10-13H,9,14-18H2,1-2H3. The van der Waals surface area contributed by atoms with Crippen LogP contribution in [-0.2, 0) is 6.54 Å². The van der Waals surface area contributed by atoms with Crippen LogP contribution in [0.5, 0.6) is 0 Å². The van der Waals surface area contributed by atoms with Gasteiger partial charge in [-0.15, -0.1) is 11.8 Å². The van der Waals surface area contributed by atoms with Crippen LogP contribution in [0.2, 0.25) is 0 Å². The number of hydrogen-bond acceptors (Lipinski definition) is 3. The third-order valence-corrected chi connectivity index (χ3v) is 4.84. The molecule has 23 heavy (non-hydrogen) atoms. The van der Waals surface area contributed by atoms with Crippen LogP contribution in [0.25, 0.3) is 0 Å². The minimum Gasteiger partial charge on any atom is -0.308 e. The Hall–Kier alpha value is -1.29. The van der Waals surface area contributed by atoms with E-state index in [4.69, 9.17) is 0 Å². The molecule has 0 atom stereocenters. The molecule has 0 spiro atoms. The number of nitrogens with zero attached hydrogens (tertiary/aromatic N) is 2. The minimum atomic E-state index is 1.05. The van der Waals surface area contributed by atoms with E-state index in [2.05, 4.69) is 84.6 Å².